The second kappa shape index (κ2) is 11.0. The minimum atomic E-state index is -0.323. The Labute approximate surface area is 229 Å². The quantitative estimate of drug-likeness (QED) is 0.198. The van der Waals surface area contributed by atoms with E-state index in [0.717, 1.165) is 11.4 Å². The lowest BCUT2D eigenvalue weighted by Gasteiger charge is -2.23. The summed E-state index contributed by atoms with van der Waals surface area (Å²) in [6, 6.07) is 32.1. The summed E-state index contributed by atoms with van der Waals surface area (Å²) in [5.41, 5.74) is 12.9. The molecule has 191 valence electrons. The first-order valence-electron chi connectivity index (χ1n) is 13.6. The van der Waals surface area contributed by atoms with Gasteiger partial charge in [-0.1, -0.05) is 105 Å². The van der Waals surface area contributed by atoms with Crippen LogP contribution in [0.15, 0.2) is 97.3 Å². The van der Waals surface area contributed by atoms with E-state index in [0.29, 0.717) is 5.92 Å². The number of rotatable bonds is 7. The zero-order valence-corrected chi connectivity index (χ0v) is 24.4. The van der Waals surface area contributed by atoms with Crippen LogP contribution >= 0.6 is 0 Å². The van der Waals surface area contributed by atoms with Gasteiger partial charge in [0.15, 0.2) is 0 Å². The molecule has 5 aromatic rings. The molecule has 38 heavy (non-hydrogen) atoms. The van der Waals surface area contributed by atoms with Crippen molar-refractivity contribution in [1.82, 2.24) is 9.55 Å². The Morgan fingerprint density at radius 3 is 1.95 bits per heavy atom. The summed E-state index contributed by atoms with van der Waals surface area (Å²) in [7, 11) is -0.323. The maximum atomic E-state index is 4.81. The van der Waals surface area contributed by atoms with E-state index < -0.39 is 0 Å². The third kappa shape index (κ3) is 5.16. The summed E-state index contributed by atoms with van der Waals surface area (Å²) in [5, 5.41) is 0. The molecular weight excluding hydrogens is 476 g/mol. The number of aryl methyl sites for hydroxylation is 2. The highest BCUT2D eigenvalue weighted by Gasteiger charge is 2.21. The third-order valence-electron chi connectivity index (χ3n) is 7.20. The number of imidazole rings is 1. The van der Waals surface area contributed by atoms with Crippen LogP contribution in [0.3, 0.4) is 0 Å². The second-order valence-electron chi connectivity index (χ2n) is 11.0. The molecule has 1 radical (unpaired) electrons. The Balaban J connectivity index is 1.79. The number of hydrogen-bond donors (Lipinski definition) is 0. The van der Waals surface area contributed by atoms with Crippen LogP contribution in [0.1, 0.15) is 42.0 Å². The normalized spacial score (nSPS) is 11.5. The van der Waals surface area contributed by atoms with Gasteiger partial charge in [0, 0.05) is 32.3 Å². The van der Waals surface area contributed by atoms with Crippen molar-refractivity contribution in [2.24, 2.45) is 0 Å². The van der Waals surface area contributed by atoms with Crippen molar-refractivity contribution in [2.45, 2.75) is 52.8 Å². The van der Waals surface area contributed by atoms with Crippen LogP contribution in [-0.2, 0) is 6.04 Å². The van der Waals surface area contributed by atoms with Crippen molar-refractivity contribution in [3.8, 4) is 39.3 Å². The van der Waals surface area contributed by atoms with E-state index in [1.165, 1.54) is 56.2 Å². The van der Waals surface area contributed by atoms with Crippen molar-refractivity contribution in [3.63, 3.8) is 0 Å². The molecule has 1 aromatic heterocycles. The Kier molecular flexibility index (Phi) is 7.48. The molecule has 1 heterocycles. The zero-order valence-electron chi connectivity index (χ0n) is 23.4. The minimum Gasteiger partial charge on any atom is -0.299 e. The molecular formula is C35H37N2Si. The van der Waals surface area contributed by atoms with Gasteiger partial charge in [-0.15, -0.1) is 0 Å². The monoisotopic (exact) mass is 513 g/mol. The summed E-state index contributed by atoms with van der Waals surface area (Å²) < 4.78 is 2.28. The van der Waals surface area contributed by atoms with Crippen molar-refractivity contribution < 1.29 is 0 Å². The van der Waals surface area contributed by atoms with E-state index in [4.69, 9.17) is 4.98 Å². The molecule has 4 aromatic carbocycles. The summed E-state index contributed by atoms with van der Waals surface area (Å²) in [6.45, 7) is 13.9. The number of nitrogens with zero attached hydrogens (tertiary/aromatic N) is 2. The van der Waals surface area contributed by atoms with Crippen LogP contribution in [0.25, 0.3) is 39.3 Å². The first-order chi connectivity index (χ1) is 18.3. The summed E-state index contributed by atoms with van der Waals surface area (Å²) in [4.78, 5) is 4.81. The Morgan fingerprint density at radius 1 is 0.763 bits per heavy atom. The van der Waals surface area contributed by atoms with Crippen LogP contribution in [-0.4, -0.2) is 18.3 Å². The first-order valence-corrected chi connectivity index (χ1v) is 16.3. The average molecular weight is 514 g/mol. The van der Waals surface area contributed by atoms with Gasteiger partial charge in [-0.05, 0) is 71.3 Å². The number of benzene rings is 4. The van der Waals surface area contributed by atoms with E-state index in [-0.39, 0.29) is 8.80 Å². The van der Waals surface area contributed by atoms with E-state index in [2.05, 4.69) is 136 Å². The Bertz CT molecular complexity index is 1520. The van der Waals surface area contributed by atoms with Crippen LogP contribution in [0.2, 0.25) is 13.1 Å². The fraction of sp³-hybridized carbons (Fsp3) is 0.229. The molecule has 0 bridgehead atoms. The first kappa shape index (κ1) is 25.9. The Morgan fingerprint density at radius 2 is 1.37 bits per heavy atom. The van der Waals surface area contributed by atoms with Crippen LogP contribution in [0.5, 0.6) is 0 Å². The largest absolute Gasteiger partial charge is 0.299 e. The topological polar surface area (TPSA) is 17.8 Å². The van der Waals surface area contributed by atoms with Gasteiger partial charge in [0.2, 0.25) is 0 Å². The van der Waals surface area contributed by atoms with E-state index >= 15 is 0 Å². The number of aromatic nitrogens is 2. The molecule has 0 unspecified atom stereocenters. The lowest BCUT2D eigenvalue weighted by Crippen LogP contribution is -2.07. The van der Waals surface area contributed by atoms with Gasteiger partial charge in [0.05, 0.1) is 5.69 Å². The van der Waals surface area contributed by atoms with E-state index in [1.807, 2.05) is 6.20 Å². The lowest BCUT2D eigenvalue weighted by molar-refractivity contribution is 0.848. The smallest absolute Gasteiger partial charge is 0.144 e. The van der Waals surface area contributed by atoms with Gasteiger partial charge in [0.25, 0.3) is 0 Å². The maximum absolute atomic E-state index is 4.81. The molecule has 0 fully saturated rings. The molecule has 0 N–H and O–H groups in total. The molecule has 0 amide bonds. The molecule has 3 heteroatoms. The molecule has 0 aliphatic heterocycles. The molecule has 0 spiro atoms. The van der Waals surface area contributed by atoms with Gasteiger partial charge in [-0.2, -0.15) is 0 Å². The van der Waals surface area contributed by atoms with Crippen LogP contribution < -0.4 is 0 Å². The summed E-state index contributed by atoms with van der Waals surface area (Å²) >= 11 is 0. The van der Waals surface area contributed by atoms with Crippen LogP contribution in [0.4, 0.5) is 0 Å². The molecule has 0 saturated heterocycles. The average Bonchev–Trinajstić information content (AvgIpc) is 3.38. The van der Waals surface area contributed by atoms with Crippen molar-refractivity contribution >= 4 is 8.80 Å². The van der Waals surface area contributed by atoms with Gasteiger partial charge < -0.3 is 0 Å². The SMILES string of the molecule is Cc1cc(C[Si](C)C)cc(C)c1-c1cc(-c2ccccc2)c(-n2ccnc2-c2ccccc2)c(C(C)C)c1. The Hall–Kier alpha value is -3.69. The predicted molar refractivity (Wildman–Crippen MR) is 165 cm³/mol. The van der Waals surface area contributed by atoms with E-state index in [9.17, 15) is 0 Å². The molecule has 0 aliphatic rings. The van der Waals surface area contributed by atoms with Crippen molar-refractivity contribution in [2.75, 3.05) is 0 Å². The predicted octanol–water partition coefficient (Wildman–Crippen LogP) is 9.45. The summed E-state index contributed by atoms with van der Waals surface area (Å²) in [5.74, 6) is 1.30. The zero-order chi connectivity index (χ0) is 26.8. The molecule has 5 rings (SSSR count). The van der Waals surface area contributed by atoms with Crippen LogP contribution in [0, 0.1) is 13.8 Å². The lowest BCUT2D eigenvalue weighted by atomic mass is 9.86. The summed E-state index contributed by atoms with van der Waals surface area (Å²) in [6.07, 6.45) is 4.02. The fourth-order valence-electron chi connectivity index (χ4n) is 5.65. The minimum absolute atomic E-state index is 0.323. The van der Waals surface area contributed by atoms with Gasteiger partial charge in [0.1, 0.15) is 5.82 Å². The molecule has 0 saturated carbocycles. The molecule has 0 atom stereocenters. The standard InChI is InChI=1S/C35H37N2Si/c1-24(2)31-21-30(33-25(3)19-27(20-26(33)4)23-38(5)6)22-32(28-13-9-7-10-14-28)34(31)37-18-17-36-35(37)29-15-11-8-12-16-29/h7-22,24H,23H2,1-6H3. The van der Waals surface area contributed by atoms with Gasteiger partial charge >= 0.3 is 0 Å². The second-order valence-corrected chi connectivity index (χ2v) is 13.7. The highest BCUT2D eigenvalue weighted by atomic mass is 28.3. The van der Waals surface area contributed by atoms with Crippen molar-refractivity contribution in [1.29, 1.82) is 0 Å². The van der Waals surface area contributed by atoms with Gasteiger partial charge in [-0.3, -0.25) is 4.57 Å². The maximum Gasteiger partial charge on any atom is 0.144 e. The highest BCUT2D eigenvalue weighted by molar-refractivity contribution is 6.55. The fourth-order valence-corrected chi connectivity index (χ4v) is 6.67. The van der Waals surface area contributed by atoms with Crippen molar-refractivity contribution in [3.05, 3.63) is 120 Å². The highest BCUT2D eigenvalue weighted by Crippen LogP contribution is 2.41. The third-order valence-corrected chi connectivity index (χ3v) is 8.31. The molecule has 2 nitrogen and oxygen atoms in total. The number of hydrogen-bond acceptors (Lipinski definition) is 1. The van der Waals surface area contributed by atoms with E-state index in [1.54, 1.807) is 0 Å². The molecule has 0 aliphatic carbocycles. The van der Waals surface area contributed by atoms with Gasteiger partial charge in [-0.25, -0.2) is 4.98 Å².